The Hall–Kier alpha value is -0.780. The molecule has 0 radical (unpaired) electrons. The number of hydrogen-bond acceptors (Lipinski definition) is 4. The monoisotopic (exact) mass is 625 g/mol. The average Bonchev–Trinajstić information content (AvgIpc) is 2.87. The fraction of sp³-hybridized carbons (Fsp3) is 0.158. The number of hydrogen-bond donors (Lipinski definition) is 0. The highest BCUT2D eigenvalue weighted by Crippen LogP contribution is 2.37. The number of ether oxygens (including phenoxy) is 1. The Morgan fingerprint density at radius 1 is 1.22 bits per heavy atom. The van der Waals surface area contributed by atoms with Crippen molar-refractivity contribution in [1.82, 2.24) is 4.90 Å². The number of amides is 2. The summed E-state index contributed by atoms with van der Waals surface area (Å²) < 4.78 is 7.73. The van der Waals surface area contributed by atoms with Crippen molar-refractivity contribution in [3.05, 3.63) is 64.6 Å². The van der Waals surface area contributed by atoms with E-state index in [1.54, 1.807) is 12.1 Å². The number of carbonyl (C=O) groups is 2. The first-order chi connectivity index (χ1) is 12.9. The molecule has 8 heteroatoms. The molecular weight excluding hydrogens is 612 g/mol. The molecule has 0 unspecified atom stereocenters. The van der Waals surface area contributed by atoms with Gasteiger partial charge >= 0.3 is 0 Å². The average molecular weight is 626 g/mol. The lowest BCUT2D eigenvalue weighted by Gasteiger charge is -2.13. The van der Waals surface area contributed by atoms with Gasteiger partial charge in [0.1, 0.15) is 5.75 Å². The van der Waals surface area contributed by atoms with Crippen LogP contribution in [-0.4, -0.2) is 22.7 Å². The van der Waals surface area contributed by atoms with Crippen LogP contribution in [-0.2, 0) is 11.3 Å². The zero-order valence-corrected chi connectivity index (χ0v) is 20.1. The Bertz CT molecular complexity index is 949. The molecule has 0 aromatic heterocycles. The van der Waals surface area contributed by atoms with E-state index < -0.39 is 0 Å². The standard InChI is InChI=1S/C19H14ClI2NO3S/c1-2-26-17-12(7-13(21)9-15(17)22)8-16-18(24)23(19(25)27-16)10-11-5-3-4-6-14(11)20/h3-9H,2,10H2,1H3/b16-8-. The summed E-state index contributed by atoms with van der Waals surface area (Å²) in [6, 6.07) is 11.1. The summed E-state index contributed by atoms with van der Waals surface area (Å²) in [5.74, 6) is 0.401. The van der Waals surface area contributed by atoms with Gasteiger partial charge in [0.15, 0.2) is 0 Å². The van der Waals surface area contributed by atoms with Gasteiger partial charge in [-0.1, -0.05) is 29.8 Å². The zero-order chi connectivity index (χ0) is 19.6. The van der Waals surface area contributed by atoms with Crippen molar-refractivity contribution in [1.29, 1.82) is 0 Å². The number of carbonyl (C=O) groups excluding carboxylic acids is 2. The second kappa shape index (κ2) is 9.15. The third kappa shape index (κ3) is 4.80. The predicted molar refractivity (Wildman–Crippen MR) is 126 cm³/mol. The first-order valence-electron chi connectivity index (χ1n) is 8.01. The molecule has 0 aliphatic carbocycles. The molecule has 2 aromatic carbocycles. The number of benzene rings is 2. The highest BCUT2D eigenvalue weighted by Gasteiger charge is 2.35. The van der Waals surface area contributed by atoms with E-state index in [9.17, 15) is 9.59 Å². The molecular formula is C19H14ClI2NO3S. The van der Waals surface area contributed by atoms with Crippen molar-refractivity contribution in [2.75, 3.05) is 6.61 Å². The fourth-order valence-corrected chi connectivity index (χ4v) is 5.63. The Morgan fingerprint density at radius 3 is 2.67 bits per heavy atom. The number of imide groups is 1. The van der Waals surface area contributed by atoms with Crippen molar-refractivity contribution in [3.63, 3.8) is 0 Å². The van der Waals surface area contributed by atoms with Gasteiger partial charge in [-0.05, 0) is 93.7 Å². The molecule has 0 spiro atoms. The Morgan fingerprint density at radius 2 is 1.96 bits per heavy atom. The predicted octanol–water partition coefficient (Wildman–Crippen LogP) is 6.18. The van der Waals surface area contributed by atoms with Gasteiger partial charge in [-0.3, -0.25) is 14.5 Å². The minimum Gasteiger partial charge on any atom is -0.492 e. The van der Waals surface area contributed by atoms with Crippen LogP contribution in [0.1, 0.15) is 18.1 Å². The summed E-state index contributed by atoms with van der Waals surface area (Å²) in [6.07, 6.45) is 1.73. The van der Waals surface area contributed by atoms with E-state index in [-0.39, 0.29) is 17.7 Å². The maximum atomic E-state index is 12.8. The van der Waals surface area contributed by atoms with E-state index >= 15 is 0 Å². The Kier molecular flexibility index (Phi) is 7.09. The van der Waals surface area contributed by atoms with Crippen molar-refractivity contribution in [2.45, 2.75) is 13.5 Å². The van der Waals surface area contributed by atoms with Gasteiger partial charge in [0, 0.05) is 14.2 Å². The number of nitrogens with zero attached hydrogens (tertiary/aromatic N) is 1. The highest BCUT2D eigenvalue weighted by molar-refractivity contribution is 14.1. The van der Waals surface area contributed by atoms with E-state index in [1.165, 1.54) is 4.90 Å². The Labute approximate surface area is 193 Å². The first kappa shape index (κ1) is 20.9. The maximum Gasteiger partial charge on any atom is 0.293 e. The third-order valence-electron chi connectivity index (χ3n) is 3.77. The number of thioether (sulfide) groups is 1. The Balaban J connectivity index is 1.92. The molecule has 1 aliphatic heterocycles. The molecule has 1 heterocycles. The van der Waals surface area contributed by atoms with Gasteiger partial charge in [0.05, 0.1) is 21.6 Å². The minimum absolute atomic E-state index is 0.157. The zero-order valence-electron chi connectivity index (χ0n) is 14.2. The molecule has 2 amide bonds. The molecule has 1 saturated heterocycles. The van der Waals surface area contributed by atoms with Crippen LogP contribution < -0.4 is 4.74 Å². The van der Waals surface area contributed by atoms with Crippen LogP contribution in [0.15, 0.2) is 41.3 Å². The highest BCUT2D eigenvalue weighted by atomic mass is 127. The van der Waals surface area contributed by atoms with E-state index in [4.69, 9.17) is 16.3 Å². The second-order valence-electron chi connectivity index (χ2n) is 5.60. The van der Waals surface area contributed by atoms with Crippen LogP contribution in [0.4, 0.5) is 4.79 Å². The molecule has 0 bridgehead atoms. The summed E-state index contributed by atoms with van der Waals surface area (Å²) in [4.78, 5) is 26.8. The fourth-order valence-electron chi connectivity index (χ4n) is 2.56. The molecule has 0 N–H and O–H groups in total. The van der Waals surface area contributed by atoms with E-state index in [2.05, 4.69) is 45.2 Å². The van der Waals surface area contributed by atoms with E-state index in [0.29, 0.717) is 16.5 Å². The number of rotatable bonds is 5. The van der Waals surface area contributed by atoms with Crippen molar-refractivity contribution in [2.24, 2.45) is 0 Å². The largest absolute Gasteiger partial charge is 0.492 e. The van der Waals surface area contributed by atoms with Crippen molar-refractivity contribution in [3.8, 4) is 5.75 Å². The summed E-state index contributed by atoms with van der Waals surface area (Å²) in [5.41, 5.74) is 1.53. The van der Waals surface area contributed by atoms with Crippen LogP contribution in [0.3, 0.4) is 0 Å². The third-order valence-corrected chi connectivity index (χ3v) is 6.47. The molecule has 27 heavy (non-hydrogen) atoms. The van der Waals surface area contributed by atoms with Gasteiger partial charge in [-0.25, -0.2) is 0 Å². The molecule has 140 valence electrons. The van der Waals surface area contributed by atoms with E-state index in [1.807, 2.05) is 37.3 Å². The molecule has 2 aromatic rings. The first-order valence-corrected chi connectivity index (χ1v) is 11.4. The van der Waals surface area contributed by atoms with Gasteiger partial charge < -0.3 is 4.74 Å². The van der Waals surface area contributed by atoms with Crippen LogP contribution >= 0.6 is 68.5 Å². The normalized spacial score (nSPS) is 15.7. The van der Waals surface area contributed by atoms with Gasteiger partial charge in [-0.15, -0.1) is 0 Å². The molecule has 1 fully saturated rings. The summed E-state index contributed by atoms with van der Waals surface area (Å²) in [5, 5.41) is 0.232. The van der Waals surface area contributed by atoms with Crippen LogP contribution in [0, 0.1) is 7.14 Å². The van der Waals surface area contributed by atoms with Gasteiger partial charge in [-0.2, -0.15) is 0 Å². The van der Waals surface area contributed by atoms with Crippen LogP contribution in [0.25, 0.3) is 6.08 Å². The molecule has 1 aliphatic rings. The summed E-state index contributed by atoms with van der Waals surface area (Å²) in [6.45, 7) is 2.59. The van der Waals surface area contributed by atoms with Crippen molar-refractivity contribution >= 4 is 85.8 Å². The van der Waals surface area contributed by atoms with Crippen LogP contribution in [0.2, 0.25) is 5.02 Å². The van der Waals surface area contributed by atoms with Gasteiger partial charge in [0.2, 0.25) is 0 Å². The lowest BCUT2D eigenvalue weighted by molar-refractivity contribution is -0.123. The van der Waals surface area contributed by atoms with Gasteiger partial charge in [0.25, 0.3) is 11.1 Å². The smallest absolute Gasteiger partial charge is 0.293 e. The quantitative estimate of drug-likeness (QED) is 0.294. The maximum absolute atomic E-state index is 12.8. The van der Waals surface area contributed by atoms with Crippen LogP contribution in [0.5, 0.6) is 5.75 Å². The van der Waals surface area contributed by atoms with E-state index in [0.717, 1.165) is 35.8 Å². The second-order valence-corrected chi connectivity index (χ2v) is 9.41. The molecule has 0 saturated carbocycles. The minimum atomic E-state index is -0.318. The van der Waals surface area contributed by atoms with Crippen molar-refractivity contribution < 1.29 is 14.3 Å². The number of halogens is 3. The lowest BCUT2D eigenvalue weighted by Crippen LogP contribution is -2.27. The molecule has 0 atom stereocenters. The molecule has 3 rings (SSSR count). The SMILES string of the molecule is CCOc1c(I)cc(I)cc1/C=C1\SC(=O)N(Cc2ccccc2Cl)C1=O. The molecule has 4 nitrogen and oxygen atoms in total. The topological polar surface area (TPSA) is 46.6 Å². The lowest BCUT2D eigenvalue weighted by atomic mass is 10.1. The summed E-state index contributed by atoms with van der Waals surface area (Å²) in [7, 11) is 0. The summed E-state index contributed by atoms with van der Waals surface area (Å²) >= 11 is 11.5.